The molecule has 212 valence electrons. The maximum Gasteiger partial charge on any atom is 0.573 e. The Morgan fingerprint density at radius 1 is 1.05 bits per heavy atom. The topological polar surface area (TPSA) is 143 Å². The molecule has 1 unspecified atom stereocenters. The van der Waals surface area contributed by atoms with Crippen LogP contribution in [-0.4, -0.2) is 58.8 Å². The molecular formula is C22H16ClF6N7O4. The molecule has 2 aromatic heterocycles. The van der Waals surface area contributed by atoms with E-state index in [2.05, 4.69) is 19.9 Å². The van der Waals surface area contributed by atoms with Gasteiger partial charge in [0.25, 0.3) is 5.91 Å². The van der Waals surface area contributed by atoms with Crippen molar-refractivity contribution >= 4 is 17.5 Å². The summed E-state index contributed by atoms with van der Waals surface area (Å²) in [5, 5.41) is 17.9. The summed E-state index contributed by atoms with van der Waals surface area (Å²) in [4.78, 5) is 28.9. The Bertz CT molecular complexity index is 1590. The third-order valence-electron chi connectivity index (χ3n) is 5.24. The van der Waals surface area contributed by atoms with Crippen LogP contribution < -0.4 is 16.2 Å². The van der Waals surface area contributed by atoms with Gasteiger partial charge in [-0.25, -0.2) is 19.1 Å². The number of benzene rings is 2. The minimum atomic E-state index is -5.09. The van der Waals surface area contributed by atoms with Gasteiger partial charge in [0.05, 0.1) is 6.54 Å². The number of carbonyl (C=O) groups excluding carboxylic acids is 1. The van der Waals surface area contributed by atoms with Crippen molar-refractivity contribution in [3.63, 3.8) is 0 Å². The number of ether oxygens (including phenoxy) is 1. The fraction of sp³-hybridized carbons (Fsp3) is 0.227. The molecule has 1 atom stereocenters. The lowest BCUT2D eigenvalue weighted by molar-refractivity contribution is -0.274. The van der Waals surface area contributed by atoms with E-state index in [9.17, 15) is 41.0 Å². The number of carbonyl (C=O) groups is 1. The number of alkyl halides is 6. The molecule has 40 heavy (non-hydrogen) atoms. The fourth-order valence-corrected chi connectivity index (χ4v) is 3.65. The summed E-state index contributed by atoms with van der Waals surface area (Å²) in [6.45, 7) is -1.86. The molecule has 18 heteroatoms. The SMILES string of the molecule is NC(=O)c1nc(Cn2nc(-c3ccc(Cl)cc3)n(CC(O)C(F)(F)F)c2=O)nn1-c1ccccc1OC(F)(F)F. The van der Waals surface area contributed by atoms with E-state index >= 15 is 0 Å². The van der Waals surface area contributed by atoms with Crippen molar-refractivity contribution < 1.29 is 41.0 Å². The summed E-state index contributed by atoms with van der Waals surface area (Å²) in [7, 11) is 0. The van der Waals surface area contributed by atoms with Crippen LogP contribution in [0.4, 0.5) is 26.3 Å². The summed E-state index contributed by atoms with van der Waals surface area (Å²) in [5.41, 5.74) is 4.00. The molecule has 0 fully saturated rings. The molecule has 0 aliphatic rings. The van der Waals surface area contributed by atoms with Gasteiger partial charge in [-0.2, -0.15) is 13.2 Å². The number of aromatic nitrogens is 6. The second-order valence-electron chi connectivity index (χ2n) is 8.08. The minimum absolute atomic E-state index is 0.171. The molecule has 0 bridgehead atoms. The Balaban J connectivity index is 1.78. The molecule has 11 nitrogen and oxygen atoms in total. The Morgan fingerprint density at radius 3 is 2.30 bits per heavy atom. The average Bonchev–Trinajstić information content (AvgIpc) is 3.40. The van der Waals surface area contributed by atoms with Crippen LogP contribution in [-0.2, 0) is 13.1 Å². The van der Waals surface area contributed by atoms with Crippen LogP contribution >= 0.6 is 11.6 Å². The van der Waals surface area contributed by atoms with E-state index in [1.807, 2.05) is 0 Å². The highest BCUT2D eigenvalue weighted by atomic mass is 35.5. The van der Waals surface area contributed by atoms with E-state index in [4.69, 9.17) is 17.3 Å². The quantitative estimate of drug-likeness (QED) is 0.300. The van der Waals surface area contributed by atoms with Gasteiger partial charge in [-0.1, -0.05) is 23.7 Å². The van der Waals surface area contributed by atoms with Gasteiger partial charge in [-0.3, -0.25) is 9.36 Å². The van der Waals surface area contributed by atoms with E-state index in [0.29, 0.717) is 13.9 Å². The average molecular weight is 592 g/mol. The molecule has 0 aliphatic carbocycles. The third-order valence-corrected chi connectivity index (χ3v) is 5.49. The lowest BCUT2D eigenvalue weighted by atomic mass is 10.2. The van der Waals surface area contributed by atoms with Crippen molar-refractivity contribution in [2.24, 2.45) is 5.73 Å². The second-order valence-corrected chi connectivity index (χ2v) is 8.52. The molecule has 0 spiro atoms. The first-order valence-corrected chi connectivity index (χ1v) is 11.3. The fourth-order valence-electron chi connectivity index (χ4n) is 3.52. The number of primary amides is 1. The lowest BCUT2D eigenvalue weighted by Gasteiger charge is -2.15. The van der Waals surface area contributed by atoms with Gasteiger partial charge in [0.15, 0.2) is 23.5 Å². The predicted molar refractivity (Wildman–Crippen MR) is 125 cm³/mol. The Kier molecular flexibility index (Phi) is 7.62. The number of para-hydroxylation sites is 2. The number of rotatable bonds is 8. The Hall–Kier alpha value is -4.38. The zero-order valence-electron chi connectivity index (χ0n) is 19.7. The van der Waals surface area contributed by atoms with Crippen LogP contribution in [0.2, 0.25) is 5.02 Å². The molecule has 4 aromatic rings. The zero-order valence-corrected chi connectivity index (χ0v) is 20.4. The molecule has 0 saturated heterocycles. The monoisotopic (exact) mass is 591 g/mol. The van der Waals surface area contributed by atoms with Crippen LogP contribution in [0.3, 0.4) is 0 Å². The smallest absolute Gasteiger partial charge is 0.403 e. The van der Waals surface area contributed by atoms with Crippen LogP contribution in [0.15, 0.2) is 53.3 Å². The van der Waals surface area contributed by atoms with Gasteiger partial charge in [0.1, 0.15) is 12.2 Å². The molecule has 1 amide bonds. The third kappa shape index (κ3) is 6.26. The highest BCUT2D eigenvalue weighted by Crippen LogP contribution is 2.29. The highest BCUT2D eigenvalue weighted by molar-refractivity contribution is 6.30. The number of aliphatic hydroxyl groups excluding tert-OH is 1. The first kappa shape index (κ1) is 28.6. The van der Waals surface area contributed by atoms with Crippen LogP contribution in [0.25, 0.3) is 17.1 Å². The van der Waals surface area contributed by atoms with Gasteiger partial charge in [0.2, 0.25) is 5.82 Å². The van der Waals surface area contributed by atoms with Crippen LogP contribution in [0.1, 0.15) is 16.4 Å². The maximum atomic E-state index is 13.1. The largest absolute Gasteiger partial charge is 0.573 e. The second kappa shape index (κ2) is 10.6. The van der Waals surface area contributed by atoms with Gasteiger partial charge < -0.3 is 15.6 Å². The molecule has 2 aromatic carbocycles. The van der Waals surface area contributed by atoms with Gasteiger partial charge in [-0.05, 0) is 36.4 Å². The molecular weight excluding hydrogens is 576 g/mol. The summed E-state index contributed by atoms with van der Waals surface area (Å²) in [5.74, 6) is -3.22. The Morgan fingerprint density at radius 2 is 1.70 bits per heavy atom. The standard InChI is InChI=1S/C22H16ClF6N7O4/c23-12-7-5-11(6-8-12)18-33-35(20(39)34(18)9-15(37)21(24,25)26)10-16-31-19(17(30)38)36(32-16)13-3-1-2-4-14(13)40-22(27,28)29/h1-8,15,37H,9-10H2,(H2,30,38). The Labute approximate surface area is 224 Å². The van der Waals surface area contributed by atoms with E-state index in [0.717, 1.165) is 12.1 Å². The van der Waals surface area contributed by atoms with Crippen LogP contribution in [0, 0.1) is 0 Å². The van der Waals surface area contributed by atoms with Crippen LogP contribution in [0.5, 0.6) is 5.75 Å². The van der Waals surface area contributed by atoms with Crippen molar-refractivity contribution in [1.82, 2.24) is 29.1 Å². The van der Waals surface area contributed by atoms with E-state index in [-0.39, 0.29) is 27.9 Å². The summed E-state index contributed by atoms with van der Waals surface area (Å²) in [6.07, 6.45) is -13.1. The molecule has 0 saturated carbocycles. The number of aliphatic hydroxyl groups is 1. The number of hydrogen-bond acceptors (Lipinski definition) is 7. The molecule has 2 heterocycles. The number of nitrogens with two attached hydrogens (primary N) is 1. The van der Waals surface area contributed by atoms with Gasteiger partial charge in [0, 0.05) is 10.6 Å². The molecule has 0 aliphatic heterocycles. The molecule has 3 N–H and O–H groups in total. The molecule has 0 radical (unpaired) electrons. The number of amides is 1. The first-order valence-electron chi connectivity index (χ1n) is 10.9. The van der Waals surface area contributed by atoms with E-state index in [1.54, 1.807) is 0 Å². The van der Waals surface area contributed by atoms with Gasteiger partial charge in [-0.15, -0.1) is 23.4 Å². The number of nitrogens with zero attached hydrogens (tertiary/aromatic N) is 6. The van der Waals surface area contributed by atoms with Crippen molar-refractivity contribution in [1.29, 1.82) is 0 Å². The zero-order chi connectivity index (χ0) is 29.4. The van der Waals surface area contributed by atoms with Crippen molar-refractivity contribution in [3.05, 3.63) is 75.7 Å². The van der Waals surface area contributed by atoms with Crippen molar-refractivity contribution in [2.75, 3.05) is 0 Å². The molecule has 4 rings (SSSR count). The number of hydrogen-bond donors (Lipinski definition) is 2. The van der Waals surface area contributed by atoms with Crippen molar-refractivity contribution in [2.45, 2.75) is 31.7 Å². The van der Waals surface area contributed by atoms with Gasteiger partial charge >= 0.3 is 18.2 Å². The summed E-state index contributed by atoms with van der Waals surface area (Å²) in [6, 6.07) is 10.2. The summed E-state index contributed by atoms with van der Waals surface area (Å²) < 4.78 is 83.7. The predicted octanol–water partition coefficient (Wildman–Crippen LogP) is 2.91. The van der Waals surface area contributed by atoms with E-state index < -0.39 is 54.9 Å². The maximum absolute atomic E-state index is 13.1. The highest BCUT2D eigenvalue weighted by Gasteiger charge is 2.39. The number of halogens is 7. The normalized spacial score (nSPS) is 12.9. The van der Waals surface area contributed by atoms with Crippen molar-refractivity contribution in [3.8, 4) is 22.8 Å². The minimum Gasteiger partial charge on any atom is -0.403 e. The first-order chi connectivity index (χ1) is 18.6. The summed E-state index contributed by atoms with van der Waals surface area (Å²) >= 11 is 5.86. The van der Waals surface area contributed by atoms with E-state index in [1.165, 1.54) is 36.4 Å². The lowest BCUT2D eigenvalue weighted by Crippen LogP contribution is -2.37.